The molecule has 0 saturated heterocycles. The van der Waals surface area contributed by atoms with Gasteiger partial charge in [-0.2, -0.15) is 0 Å². The molecule has 0 aliphatic heterocycles. The molecular weight excluding hydrogens is 430 g/mol. The minimum absolute atomic E-state index is 0.0146. The van der Waals surface area contributed by atoms with Crippen molar-refractivity contribution in [2.75, 3.05) is 13.7 Å². The number of hydrogen-bond donors (Lipinski definition) is 0. The molecule has 0 aliphatic rings. The van der Waals surface area contributed by atoms with Gasteiger partial charge in [0.1, 0.15) is 11.6 Å². The first-order valence-electron chi connectivity index (χ1n) is 9.30. The van der Waals surface area contributed by atoms with Crippen molar-refractivity contribution in [2.45, 2.75) is 13.1 Å². The van der Waals surface area contributed by atoms with E-state index >= 15 is 0 Å². The van der Waals surface area contributed by atoms with Crippen molar-refractivity contribution >= 4 is 22.8 Å². The van der Waals surface area contributed by atoms with Crippen molar-refractivity contribution in [3.05, 3.63) is 91.9 Å². The average Bonchev–Trinajstić information content (AvgIpc) is 3.13. The largest absolute Gasteiger partial charge is 0.383 e. The van der Waals surface area contributed by atoms with Gasteiger partial charge in [0.2, 0.25) is 0 Å². The smallest absolute Gasteiger partial charge is 0.337 e. The number of ether oxygens (including phenoxy) is 1. The number of fused-ring (bicyclic) bond motifs is 1. The molecular formula is C21H17ClF2N4O3. The topological polar surface area (TPSA) is 71.1 Å². The zero-order valence-corrected chi connectivity index (χ0v) is 17.1. The van der Waals surface area contributed by atoms with Crippen LogP contribution < -0.4 is 11.2 Å². The van der Waals surface area contributed by atoms with E-state index in [4.69, 9.17) is 16.3 Å². The van der Waals surface area contributed by atoms with Gasteiger partial charge >= 0.3 is 5.69 Å². The first-order valence-corrected chi connectivity index (χ1v) is 9.68. The zero-order chi connectivity index (χ0) is 22.1. The molecule has 10 heteroatoms. The third kappa shape index (κ3) is 3.89. The lowest BCUT2D eigenvalue weighted by molar-refractivity contribution is 0.184. The fourth-order valence-corrected chi connectivity index (χ4v) is 3.55. The van der Waals surface area contributed by atoms with Crippen LogP contribution in [-0.2, 0) is 17.8 Å². The molecule has 0 amide bonds. The van der Waals surface area contributed by atoms with E-state index in [-0.39, 0.29) is 36.4 Å². The van der Waals surface area contributed by atoms with Gasteiger partial charge in [0.25, 0.3) is 5.56 Å². The van der Waals surface area contributed by atoms with E-state index in [1.54, 1.807) is 24.3 Å². The van der Waals surface area contributed by atoms with Crippen LogP contribution in [-0.4, -0.2) is 32.4 Å². The maximum atomic E-state index is 14.2. The molecule has 2 aromatic carbocycles. The van der Waals surface area contributed by atoms with Gasteiger partial charge in [-0.15, -0.1) is 0 Å². The molecule has 0 fully saturated rings. The summed E-state index contributed by atoms with van der Waals surface area (Å²) >= 11 is 6.09. The number of benzene rings is 2. The number of nitrogens with zero attached hydrogens (tertiary/aromatic N) is 4. The molecule has 0 radical (unpaired) electrons. The molecule has 7 nitrogen and oxygen atoms in total. The standard InChI is InChI=1S/C21H17ClF2N4O3/c1-31-8-7-27-20(29)18-19(28(21(27)30)16-4-2-3-14(22)9-16)25-12-26(18)11-13-5-6-15(23)10-17(13)24/h2-6,9-10,12H,7-8,11H2,1H3. The number of imidazole rings is 1. The molecule has 0 spiro atoms. The third-order valence-electron chi connectivity index (χ3n) is 4.84. The van der Waals surface area contributed by atoms with Crippen molar-refractivity contribution < 1.29 is 13.5 Å². The zero-order valence-electron chi connectivity index (χ0n) is 16.4. The summed E-state index contributed by atoms with van der Waals surface area (Å²) in [4.78, 5) is 30.6. The molecule has 0 N–H and O–H groups in total. The predicted octanol–water partition coefficient (Wildman–Crippen LogP) is 2.98. The van der Waals surface area contributed by atoms with Crippen LogP contribution in [0.15, 0.2) is 58.4 Å². The molecule has 0 atom stereocenters. The van der Waals surface area contributed by atoms with Gasteiger partial charge in [0, 0.05) is 23.8 Å². The molecule has 2 heterocycles. The Labute approximate surface area is 179 Å². The van der Waals surface area contributed by atoms with Crippen molar-refractivity contribution in [1.29, 1.82) is 0 Å². The number of aromatic nitrogens is 4. The summed E-state index contributed by atoms with van der Waals surface area (Å²) in [6, 6.07) is 9.77. The summed E-state index contributed by atoms with van der Waals surface area (Å²) in [6.07, 6.45) is 1.34. The van der Waals surface area contributed by atoms with Crippen molar-refractivity contribution in [1.82, 2.24) is 18.7 Å². The summed E-state index contributed by atoms with van der Waals surface area (Å²) < 4.78 is 36.2. The second kappa shape index (κ2) is 8.44. The normalized spacial score (nSPS) is 11.4. The van der Waals surface area contributed by atoms with E-state index in [1.165, 1.54) is 28.6 Å². The lowest BCUT2D eigenvalue weighted by Gasteiger charge is -2.13. The Balaban J connectivity index is 1.98. The molecule has 0 saturated carbocycles. The Morgan fingerprint density at radius 1 is 1.13 bits per heavy atom. The van der Waals surface area contributed by atoms with Crippen LogP contribution in [0.4, 0.5) is 8.78 Å². The van der Waals surface area contributed by atoms with Crippen LogP contribution in [0.5, 0.6) is 0 Å². The number of methoxy groups -OCH3 is 1. The van der Waals surface area contributed by atoms with E-state index < -0.39 is 22.9 Å². The number of rotatable bonds is 6. The Morgan fingerprint density at radius 3 is 2.65 bits per heavy atom. The van der Waals surface area contributed by atoms with Crippen molar-refractivity contribution in [2.24, 2.45) is 0 Å². The number of hydrogen-bond acceptors (Lipinski definition) is 4. The maximum Gasteiger partial charge on any atom is 0.337 e. The molecule has 2 aromatic heterocycles. The summed E-state index contributed by atoms with van der Waals surface area (Å²) in [5.41, 5.74) is -0.394. The van der Waals surface area contributed by atoms with E-state index in [1.807, 2.05) is 0 Å². The fraction of sp³-hybridized carbons (Fsp3) is 0.190. The molecule has 31 heavy (non-hydrogen) atoms. The summed E-state index contributed by atoms with van der Waals surface area (Å²) in [6.45, 7) is 0.0770. The SMILES string of the molecule is COCCn1c(=O)c2c(ncn2Cc2ccc(F)cc2F)n(-c2cccc(Cl)c2)c1=O. The minimum Gasteiger partial charge on any atom is -0.383 e. The Kier molecular flexibility index (Phi) is 5.71. The van der Waals surface area contributed by atoms with Crippen LogP contribution in [0.1, 0.15) is 5.56 Å². The second-order valence-corrected chi connectivity index (χ2v) is 7.26. The summed E-state index contributed by atoms with van der Waals surface area (Å²) in [5.74, 6) is -1.45. The highest BCUT2D eigenvalue weighted by Gasteiger charge is 2.20. The van der Waals surface area contributed by atoms with Crippen LogP contribution in [0, 0.1) is 11.6 Å². The number of halogens is 3. The van der Waals surface area contributed by atoms with Gasteiger partial charge in [-0.25, -0.2) is 23.1 Å². The summed E-state index contributed by atoms with van der Waals surface area (Å²) in [5, 5.41) is 0.403. The Bertz CT molecular complexity index is 1390. The molecule has 160 valence electrons. The average molecular weight is 447 g/mol. The van der Waals surface area contributed by atoms with E-state index in [0.717, 1.165) is 16.7 Å². The molecule has 0 aliphatic carbocycles. The summed E-state index contributed by atoms with van der Waals surface area (Å²) in [7, 11) is 1.46. The van der Waals surface area contributed by atoms with Crippen LogP contribution >= 0.6 is 11.6 Å². The molecule has 4 aromatic rings. The van der Waals surface area contributed by atoms with Gasteiger partial charge < -0.3 is 9.30 Å². The van der Waals surface area contributed by atoms with Gasteiger partial charge in [-0.1, -0.05) is 23.7 Å². The Morgan fingerprint density at radius 2 is 1.94 bits per heavy atom. The second-order valence-electron chi connectivity index (χ2n) is 6.83. The lowest BCUT2D eigenvalue weighted by atomic mass is 10.2. The Hall–Kier alpha value is -3.30. The van der Waals surface area contributed by atoms with Gasteiger partial charge in [0.15, 0.2) is 11.2 Å². The van der Waals surface area contributed by atoms with E-state index in [0.29, 0.717) is 10.7 Å². The highest BCUT2D eigenvalue weighted by molar-refractivity contribution is 6.30. The lowest BCUT2D eigenvalue weighted by Crippen LogP contribution is -2.41. The maximum absolute atomic E-state index is 14.2. The van der Waals surface area contributed by atoms with Crippen molar-refractivity contribution in [3.8, 4) is 5.69 Å². The predicted molar refractivity (Wildman–Crippen MR) is 112 cm³/mol. The van der Waals surface area contributed by atoms with Crippen LogP contribution in [0.2, 0.25) is 5.02 Å². The van der Waals surface area contributed by atoms with Gasteiger partial charge in [-0.05, 0) is 24.3 Å². The van der Waals surface area contributed by atoms with Crippen LogP contribution in [0.3, 0.4) is 0 Å². The van der Waals surface area contributed by atoms with E-state index in [9.17, 15) is 18.4 Å². The first-order chi connectivity index (χ1) is 14.9. The van der Waals surface area contributed by atoms with Crippen molar-refractivity contribution in [3.63, 3.8) is 0 Å². The quantitative estimate of drug-likeness (QED) is 0.456. The first kappa shape index (κ1) is 21.0. The monoisotopic (exact) mass is 446 g/mol. The third-order valence-corrected chi connectivity index (χ3v) is 5.08. The van der Waals surface area contributed by atoms with Gasteiger partial charge in [0.05, 0.1) is 31.7 Å². The molecule has 0 unspecified atom stereocenters. The highest BCUT2D eigenvalue weighted by atomic mass is 35.5. The van der Waals surface area contributed by atoms with Crippen LogP contribution in [0.25, 0.3) is 16.9 Å². The van der Waals surface area contributed by atoms with Gasteiger partial charge in [-0.3, -0.25) is 9.36 Å². The molecule has 4 rings (SSSR count). The highest BCUT2D eigenvalue weighted by Crippen LogP contribution is 2.19. The molecule has 0 bridgehead atoms. The fourth-order valence-electron chi connectivity index (χ4n) is 3.36. The minimum atomic E-state index is -0.746. The van der Waals surface area contributed by atoms with E-state index in [2.05, 4.69) is 4.98 Å².